The summed E-state index contributed by atoms with van der Waals surface area (Å²) in [5.41, 5.74) is 1.08. The van der Waals surface area contributed by atoms with Crippen LogP contribution in [0.1, 0.15) is 13.8 Å². The van der Waals surface area contributed by atoms with Crippen molar-refractivity contribution in [2.24, 2.45) is 10.3 Å². The second-order valence-corrected chi connectivity index (χ2v) is 3.62. The summed E-state index contributed by atoms with van der Waals surface area (Å²) in [6, 6.07) is 0. The van der Waals surface area contributed by atoms with Gasteiger partial charge in [0, 0.05) is 24.8 Å². The molecule has 0 unspecified atom stereocenters. The second kappa shape index (κ2) is 6.88. The van der Waals surface area contributed by atoms with Crippen molar-refractivity contribution in [3.63, 3.8) is 0 Å². The summed E-state index contributed by atoms with van der Waals surface area (Å²) in [5, 5.41) is 7.75. The van der Waals surface area contributed by atoms with Gasteiger partial charge in [0.05, 0.1) is 12.4 Å². The van der Waals surface area contributed by atoms with Crippen LogP contribution < -0.4 is 9.68 Å². The van der Waals surface area contributed by atoms with E-state index >= 15 is 0 Å². The third kappa shape index (κ3) is 4.09. The van der Waals surface area contributed by atoms with Crippen LogP contribution in [-0.2, 0) is 0 Å². The van der Waals surface area contributed by atoms with Gasteiger partial charge in [0.25, 0.3) is 11.8 Å². The molecule has 0 aliphatic heterocycles. The Kier molecular flexibility index (Phi) is 4.65. The van der Waals surface area contributed by atoms with E-state index < -0.39 is 0 Å². The van der Waals surface area contributed by atoms with Crippen molar-refractivity contribution in [1.82, 2.24) is 19.9 Å². The molecule has 8 nitrogen and oxygen atoms in total. The molecule has 0 spiro atoms. The number of oxime groups is 2. The number of hydrogen-bond donors (Lipinski definition) is 0. The van der Waals surface area contributed by atoms with E-state index in [1.165, 1.54) is 24.8 Å². The predicted octanol–water partition coefficient (Wildman–Crippen LogP) is 1.48. The Balaban J connectivity index is 1.95. The van der Waals surface area contributed by atoms with E-state index in [1.54, 1.807) is 26.2 Å². The van der Waals surface area contributed by atoms with Gasteiger partial charge in [0.1, 0.15) is 11.4 Å². The molecular formula is C12H12N6O2. The molecule has 0 aromatic carbocycles. The molecule has 20 heavy (non-hydrogen) atoms. The van der Waals surface area contributed by atoms with Crippen LogP contribution in [0, 0.1) is 0 Å². The lowest BCUT2D eigenvalue weighted by molar-refractivity contribution is 0.321. The van der Waals surface area contributed by atoms with Crippen LogP contribution in [0.15, 0.2) is 47.5 Å². The fraction of sp³-hybridized carbons (Fsp3) is 0.167. The Morgan fingerprint density at radius 2 is 1.25 bits per heavy atom. The summed E-state index contributed by atoms with van der Waals surface area (Å²) >= 11 is 0. The molecule has 0 atom stereocenters. The number of nitrogens with zero attached hydrogens (tertiary/aromatic N) is 6. The third-order valence-electron chi connectivity index (χ3n) is 2.15. The van der Waals surface area contributed by atoms with Crippen molar-refractivity contribution in [3.05, 3.63) is 37.2 Å². The van der Waals surface area contributed by atoms with Crippen molar-refractivity contribution in [1.29, 1.82) is 0 Å². The molecule has 0 amide bonds. The Labute approximate surface area is 115 Å². The van der Waals surface area contributed by atoms with Crippen molar-refractivity contribution < 1.29 is 9.68 Å². The molecule has 0 saturated heterocycles. The van der Waals surface area contributed by atoms with Crippen LogP contribution in [0.25, 0.3) is 0 Å². The Morgan fingerprint density at radius 1 is 0.800 bits per heavy atom. The largest absolute Gasteiger partial charge is 0.335 e. The maximum Gasteiger partial charge on any atom is 0.267 e. The molecule has 0 radical (unpaired) electrons. The van der Waals surface area contributed by atoms with E-state index in [2.05, 4.69) is 30.2 Å². The average Bonchev–Trinajstić information content (AvgIpc) is 2.52. The van der Waals surface area contributed by atoms with Gasteiger partial charge >= 0.3 is 0 Å². The first-order valence-corrected chi connectivity index (χ1v) is 5.71. The minimum atomic E-state index is 0.300. The monoisotopic (exact) mass is 272 g/mol. The first kappa shape index (κ1) is 13.5. The smallest absolute Gasteiger partial charge is 0.267 e. The minimum absolute atomic E-state index is 0.300. The molecule has 2 heterocycles. The quantitative estimate of drug-likeness (QED) is 0.604. The van der Waals surface area contributed by atoms with E-state index in [1.807, 2.05) is 0 Å². The first-order chi connectivity index (χ1) is 9.75. The van der Waals surface area contributed by atoms with Gasteiger partial charge in [-0.25, -0.2) is 9.97 Å². The lowest BCUT2D eigenvalue weighted by Crippen LogP contribution is -2.09. The highest BCUT2D eigenvalue weighted by Crippen LogP contribution is 2.03. The van der Waals surface area contributed by atoms with Crippen LogP contribution in [0.2, 0.25) is 0 Å². The first-order valence-electron chi connectivity index (χ1n) is 5.71. The summed E-state index contributed by atoms with van der Waals surface area (Å²) in [7, 11) is 0. The molecule has 0 saturated carbocycles. The van der Waals surface area contributed by atoms with E-state index in [4.69, 9.17) is 9.68 Å². The highest BCUT2D eigenvalue weighted by Gasteiger charge is 2.01. The maximum atomic E-state index is 5.09. The molecule has 0 aliphatic rings. The predicted molar refractivity (Wildman–Crippen MR) is 71.5 cm³/mol. The van der Waals surface area contributed by atoms with Crippen LogP contribution in [0.4, 0.5) is 0 Å². The number of hydrogen-bond acceptors (Lipinski definition) is 8. The molecule has 0 N–H and O–H groups in total. The molecule has 0 aliphatic carbocycles. The van der Waals surface area contributed by atoms with Gasteiger partial charge in [-0.1, -0.05) is 10.3 Å². The zero-order valence-corrected chi connectivity index (χ0v) is 11.0. The molecule has 2 aromatic heterocycles. The van der Waals surface area contributed by atoms with Crippen molar-refractivity contribution in [2.45, 2.75) is 13.8 Å². The molecule has 8 heteroatoms. The summed E-state index contributed by atoms with van der Waals surface area (Å²) < 4.78 is 0. The van der Waals surface area contributed by atoms with Gasteiger partial charge in [-0.15, -0.1) is 0 Å². The van der Waals surface area contributed by atoms with E-state index in [9.17, 15) is 0 Å². The normalized spacial score (nSPS) is 12.1. The SMILES string of the molecule is CC(=N\Oc1cnccn1)/C(C)=N/Oc1cnccn1. The van der Waals surface area contributed by atoms with Gasteiger partial charge in [0.15, 0.2) is 0 Å². The standard InChI is InChI=1S/C12H12N6O2/c1-9(17-19-11-7-13-3-5-15-11)10(2)18-20-12-8-14-4-6-16-12/h3-8H,1-2H3/b17-9+,18-10+. The van der Waals surface area contributed by atoms with Gasteiger partial charge in [-0.3, -0.25) is 9.97 Å². The van der Waals surface area contributed by atoms with Crippen LogP contribution in [-0.4, -0.2) is 31.4 Å². The molecule has 0 bridgehead atoms. The van der Waals surface area contributed by atoms with Gasteiger partial charge < -0.3 is 9.68 Å². The molecule has 102 valence electrons. The molecular weight excluding hydrogens is 260 g/mol. The topological polar surface area (TPSA) is 94.7 Å². The third-order valence-corrected chi connectivity index (χ3v) is 2.15. The zero-order chi connectivity index (χ0) is 14.2. The van der Waals surface area contributed by atoms with E-state index in [0.717, 1.165) is 0 Å². The van der Waals surface area contributed by atoms with Crippen LogP contribution in [0.3, 0.4) is 0 Å². The highest BCUT2D eigenvalue weighted by molar-refractivity contribution is 6.40. The fourth-order valence-corrected chi connectivity index (χ4v) is 1.03. The van der Waals surface area contributed by atoms with Crippen molar-refractivity contribution in [2.75, 3.05) is 0 Å². The highest BCUT2D eigenvalue weighted by atomic mass is 16.6. The van der Waals surface area contributed by atoms with E-state index in [0.29, 0.717) is 23.2 Å². The Hall–Kier alpha value is -2.90. The summed E-state index contributed by atoms with van der Waals surface area (Å²) in [5.74, 6) is 0.601. The minimum Gasteiger partial charge on any atom is -0.335 e. The Morgan fingerprint density at radius 3 is 1.60 bits per heavy atom. The summed E-state index contributed by atoms with van der Waals surface area (Å²) in [4.78, 5) is 25.7. The van der Waals surface area contributed by atoms with Crippen molar-refractivity contribution in [3.8, 4) is 11.8 Å². The fourth-order valence-electron chi connectivity index (χ4n) is 1.03. The maximum absolute atomic E-state index is 5.09. The van der Waals surface area contributed by atoms with Crippen LogP contribution >= 0.6 is 0 Å². The van der Waals surface area contributed by atoms with Gasteiger partial charge in [0.2, 0.25) is 0 Å². The number of aromatic nitrogens is 4. The Bertz CT molecular complexity index is 544. The average molecular weight is 272 g/mol. The van der Waals surface area contributed by atoms with Crippen molar-refractivity contribution >= 4 is 11.4 Å². The lowest BCUT2D eigenvalue weighted by atomic mass is 10.3. The zero-order valence-electron chi connectivity index (χ0n) is 11.0. The second-order valence-electron chi connectivity index (χ2n) is 3.62. The molecule has 2 rings (SSSR count). The van der Waals surface area contributed by atoms with Gasteiger partial charge in [-0.05, 0) is 13.8 Å². The van der Waals surface area contributed by atoms with Gasteiger partial charge in [-0.2, -0.15) is 0 Å². The molecule has 0 fully saturated rings. The molecule has 2 aromatic rings. The lowest BCUT2D eigenvalue weighted by Gasteiger charge is -2.00. The number of rotatable bonds is 5. The summed E-state index contributed by atoms with van der Waals surface area (Å²) in [6.07, 6.45) is 9.03. The van der Waals surface area contributed by atoms with Crippen LogP contribution in [0.5, 0.6) is 11.8 Å². The summed E-state index contributed by atoms with van der Waals surface area (Å²) in [6.45, 7) is 3.46. The van der Waals surface area contributed by atoms with E-state index in [-0.39, 0.29) is 0 Å².